The van der Waals surface area contributed by atoms with Gasteiger partial charge in [0.25, 0.3) is 0 Å². The molecule has 0 aromatic carbocycles. The molecule has 26 nitrogen and oxygen atoms in total. The van der Waals surface area contributed by atoms with Crippen molar-refractivity contribution in [2.75, 3.05) is 58.9 Å². The Morgan fingerprint density at radius 1 is 0.375 bits per heavy atom. The van der Waals surface area contributed by atoms with Crippen LogP contribution in [0.4, 0.5) is 4.39 Å². The first kappa shape index (κ1) is 65.5. The molecule has 0 saturated carbocycles. The fourth-order valence-electron chi connectivity index (χ4n) is 13.2. The molecule has 0 unspecified atom stereocenters. The number of halogens is 1. The number of nitrogens with zero attached hydrogens (tertiary/aromatic N) is 24. The van der Waals surface area contributed by atoms with Gasteiger partial charge < -0.3 is 15.1 Å². The second-order valence-corrected chi connectivity index (χ2v) is 25.6. The number of rotatable bonds is 24. The van der Waals surface area contributed by atoms with Crippen LogP contribution in [0.3, 0.4) is 0 Å². The van der Waals surface area contributed by atoms with Gasteiger partial charge in [0.05, 0.1) is 175 Å². The largest absolute Gasteiger partial charge is 0.393 e. The number of likely N-dealkylation sites (tertiary alicyclic amines) is 3. The highest BCUT2D eigenvalue weighted by Crippen LogP contribution is 2.32. The average Bonchev–Trinajstić information content (AvgIpc) is 1.25. The van der Waals surface area contributed by atoms with Crippen molar-refractivity contribution >= 4 is 16.6 Å². The molecule has 12 aromatic heterocycles. The Balaban J connectivity index is 0.000000130. The molecule has 3 saturated heterocycles. The number of hydrogen-bond acceptors (Lipinski definition) is 17. The quantitative estimate of drug-likeness (QED) is 0.0571. The van der Waals surface area contributed by atoms with Crippen molar-refractivity contribution in [2.45, 2.75) is 155 Å². The minimum atomic E-state index is -0.675. The van der Waals surface area contributed by atoms with Gasteiger partial charge in [-0.3, -0.25) is 37.9 Å². The highest BCUT2D eigenvalue weighted by molar-refractivity contribution is 5.80. The predicted octanol–water partition coefficient (Wildman–Crippen LogP) is 9.63. The number of alkyl halides is 1. The molecule has 27 heteroatoms. The van der Waals surface area contributed by atoms with Crippen molar-refractivity contribution in [3.05, 3.63) is 130 Å². The molecule has 1 atom stereocenters. The van der Waals surface area contributed by atoms with E-state index in [-0.39, 0.29) is 12.2 Å². The lowest BCUT2D eigenvalue weighted by Gasteiger charge is -2.33. The van der Waals surface area contributed by atoms with E-state index in [9.17, 15) is 14.6 Å². The second kappa shape index (κ2) is 29.9. The summed E-state index contributed by atoms with van der Waals surface area (Å²) in [5.74, 6) is 0. The summed E-state index contributed by atoms with van der Waals surface area (Å²) in [5.41, 5.74) is 13.7. The Labute approximate surface area is 557 Å². The molecule has 0 radical (unpaired) electrons. The van der Waals surface area contributed by atoms with Crippen LogP contribution in [0.1, 0.15) is 117 Å². The number of β-amino-alcohol motifs (C(OH)–C–C–N with tert-alkyl or cyclic N) is 1. The van der Waals surface area contributed by atoms with Gasteiger partial charge in [-0.25, -0.2) is 32.9 Å². The van der Waals surface area contributed by atoms with E-state index in [0.29, 0.717) is 31.2 Å². The Hall–Kier alpha value is -9.15. The monoisotopic (exact) mass is 1300 g/mol. The smallest absolute Gasteiger partial charge is 0.125 e. The van der Waals surface area contributed by atoms with Gasteiger partial charge in [0, 0.05) is 129 Å². The molecule has 15 rings (SSSR count). The standard InChI is InChI=1S/C24H32N8O.C23H30N8O.C22H27FN8/c1-3-20(4-2)31-16-19(14-27-31)24-23-5-8-25-32(23)17-22(28-24)18-13-26-30(15-18)12-11-29-9-6-21(33)7-10-29;1-3-19(4-2)30-14-18(12-26-30)23-22-5-7-24-31(22)16-21(27-23)17-11-25-29(13-17)10-9-28-8-6-20(32)15-28;1-3-19(4-2)30-12-17(10-26-30)22-21-5-6-24-31(21)15-20(27-22)16-9-25-29(11-16)8-7-28-13-18(23)14-28/h5,8,13-17,20-21,33H,3-4,6-7,9-12H2,1-2H3;5,7,11-14,16,19-20,32H,3-4,6,8-10,15H2,1-2H3;5-6,9-12,15,18-19H,3-4,7-8,13-14H2,1-2H3/t;20-;/m.0./s1. The zero-order valence-electron chi connectivity index (χ0n) is 55.9. The summed E-state index contributed by atoms with van der Waals surface area (Å²) >= 11 is 0. The van der Waals surface area contributed by atoms with Crippen molar-refractivity contribution in [3.63, 3.8) is 0 Å². The van der Waals surface area contributed by atoms with Crippen LogP contribution < -0.4 is 0 Å². The van der Waals surface area contributed by atoms with E-state index in [1.807, 2.05) is 134 Å². The van der Waals surface area contributed by atoms with Crippen LogP contribution in [-0.2, 0) is 19.6 Å². The van der Waals surface area contributed by atoms with Gasteiger partial charge >= 0.3 is 0 Å². The van der Waals surface area contributed by atoms with Crippen LogP contribution in [0, 0.1) is 0 Å². The SMILES string of the molecule is CCC(CC)n1cc(-c2nc(-c3cnn(CCN4CC(F)C4)c3)cn3nccc23)cn1.CCC(CC)n1cc(-c2nc(-c3cnn(CCN4CCC(O)CC4)c3)cn3nccc23)cn1.CCC(CC)n1cc(-c2nc(-c3cnn(CCN4CC[C@H](O)C4)c3)cn3nccc23)cn1. The molecule has 15 heterocycles. The van der Waals surface area contributed by atoms with Crippen LogP contribution >= 0.6 is 0 Å². The van der Waals surface area contributed by atoms with Crippen molar-refractivity contribution in [3.8, 4) is 67.5 Å². The predicted molar refractivity (Wildman–Crippen MR) is 365 cm³/mol. The molecule has 96 heavy (non-hydrogen) atoms. The first-order chi connectivity index (χ1) is 46.9. The van der Waals surface area contributed by atoms with Gasteiger partial charge in [-0.05, 0) is 76.0 Å². The van der Waals surface area contributed by atoms with Crippen LogP contribution in [-0.4, -0.2) is 205 Å². The zero-order chi connectivity index (χ0) is 66.2. The summed E-state index contributed by atoms with van der Waals surface area (Å²) in [7, 11) is 0. The third-order valence-corrected chi connectivity index (χ3v) is 19.2. The van der Waals surface area contributed by atoms with Gasteiger partial charge in [0.2, 0.25) is 0 Å². The van der Waals surface area contributed by atoms with Gasteiger partial charge in [0.1, 0.15) is 6.17 Å². The molecule has 3 aliphatic heterocycles. The molecule has 3 aliphatic rings. The van der Waals surface area contributed by atoms with E-state index >= 15 is 0 Å². The summed E-state index contributed by atoms with van der Waals surface area (Å²) in [6.07, 6.45) is 42.6. The molecule has 12 aromatic rings. The maximum Gasteiger partial charge on any atom is 0.125 e. The number of hydrogen-bond donors (Lipinski definition) is 2. The van der Waals surface area contributed by atoms with Crippen molar-refractivity contribution in [1.82, 2.24) is 117 Å². The number of fused-ring (bicyclic) bond motifs is 3. The lowest BCUT2D eigenvalue weighted by molar-refractivity contribution is 0.0619. The minimum Gasteiger partial charge on any atom is -0.393 e. The fourth-order valence-corrected chi connectivity index (χ4v) is 13.2. The van der Waals surface area contributed by atoms with Crippen LogP contribution in [0.25, 0.3) is 84.1 Å². The highest BCUT2D eigenvalue weighted by Gasteiger charge is 2.27. The van der Waals surface area contributed by atoms with Crippen LogP contribution in [0.15, 0.2) is 130 Å². The Bertz CT molecular complexity index is 4440. The number of piperidine rings is 1. The molecule has 2 N–H and O–H groups in total. The molecule has 3 fully saturated rings. The van der Waals surface area contributed by atoms with Crippen molar-refractivity contribution < 1.29 is 14.6 Å². The van der Waals surface area contributed by atoms with Gasteiger partial charge in [-0.2, -0.15) is 45.9 Å². The molecule has 0 amide bonds. The molecule has 504 valence electrons. The summed E-state index contributed by atoms with van der Waals surface area (Å²) in [6.45, 7) is 22.7. The molecule has 0 spiro atoms. The van der Waals surface area contributed by atoms with E-state index in [2.05, 4.69) is 121 Å². The van der Waals surface area contributed by atoms with Gasteiger partial charge in [-0.1, -0.05) is 41.5 Å². The zero-order valence-corrected chi connectivity index (χ0v) is 55.9. The summed E-state index contributed by atoms with van der Waals surface area (Å²) in [6, 6.07) is 7.10. The Morgan fingerprint density at radius 2 is 0.708 bits per heavy atom. The Morgan fingerprint density at radius 3 is 1.05 bits per heavy atom. The molecular formula is C69H89FN24O2. The Kier molecular flexibility index (Phi) is 20.4. The second-order valence-electron chi connectivity index (χ2n) is 25.6. The van der Waals surface area contributed by atoms with Crippen LogP contribution in [0.5, 0.6) is 0 Å². The molecule has 0 bridgehead atoms. The summed E-state index contributed by atoms with van der Waals surface area (Å²) < 4.78 is 30.5. The molecular weight excluding hydrogens is 1220 g/mol. The average molecular weight is 1310 g/mol. The maximum atomic E-state index is 13.0. The van der Waals surface area contributed by atoms with Gasteiger partial charge in [-0.15, -0.1) is 0 Å². The van der Waals surface area contributed by atoms with E-state index in [4.69, 9.17) is 15.0 Å². The first-order valence-corrected chi connectivity index (χ1v) is 34.4. The summed E-state index contributed by atoms with van der Waals surface area (Å²) in [5, 5.41) is 60.2. The lowest BCUT2D eigenvalue weighted by atomic mass is 10.1. The van der Waals surface area contributed by atoms with E-state index in [0.717, 1.165) is 207 Å². The summed E-state index contributed by atoms with van der Waals surface area (Å²) in [4.78, 5) is 21.7. The number of aliphatic hydroxyl groups is 2. The highest BCUT2D eigenvalue weighted by atomic mass is 19.1. The van der Waals surface area contributed by atoms with Crippen molar-refractivity contribution in [1.29, 1.82) is 0 Å². The topological polar surface area (TPSA) is 248 Å². The first-order valence-electron chi connectivity index (χ1n) is 34.4. The molecule has 0 aliphatic carbocycles. The lowest BCUT2D eigenvalue weighted by Crippen LogP contribution is -2.49. The number of aliphatic hydroxyl groups excluding tert-OH is 2. The van der Waals surface area contributed by atoms with E-state index < -0.39 is 6.17 Å². The van der Waals surface area contributed by atoms with Crippen LogP contribution in [0.2, 0.25) is 0 Å². The minimum absolute atomic E-state index is 0.142. The van der Waals surface area contributed by atoms with E-state index in [1.54, 1.807) is 18.6 Å². The fraction of sp³-hybridized carbons (Fsp3) is 0.478. The normalized spacial score (nSPS) is 16.1. The van der Waals surface area contributed by atoms with Crippen molar-refractivity contribution in [2.24, 2.45) is 0 Å². The number of aromatic nitrogens is 21. The third-order valence-electron chi connectivity index (χ3n) is 19.2. The third kappa shape index (κ3) is 14.8. The van der Waals surface area contributed by atoms with Gasteiger partial charge in [0.15, 0.2) is 0 Å². The van der Waals surface area contributed by atoms with E-state index in [1.165, 1.54) is 0 Å². The maximum absolute atomic E-state index is 13.0.